The molecule has 4 rings (SSSR count). The number of carbonyl (C=O) groups is 1. The van der Waals surface area contributed by atoms with Gasteiger partial charge in [0.25, 0.3) is 0 Å². The Labute approximate surface area is 216 Å². The first-order chi connectivity index (χ1) is 17.4. The number of amides is 1. The number of aromatic nitrogens is 2. The lowest BCUT2D eigenvalue weighted by molar-refractivity contribution is -0.145. The van der Waals surface area contributed by atoms with Gasteiger partial charge >= 0.3 is 0 Å². The molecule has 1 aromatic rings. The third-order valence-electron chi connectivity index (χ3n) is 8.70. The normalized spacial score (nSPS) is 24.1. The van der Waals surface area contributed by atoms with Crippen LogP contribution in [0.4, 0.5) is 0 Å². The largest absolute Gasteiger partial charge is 0.384 e. The molecule has 0 unspecified atom stereocenters. The van der Waals surface area contributed by atoms with Crippen LogP contribution in [-0.2, 0) is 38.6 Å². The molecule has 36 heavy (non-hydrogen) atoms. The maximum Gasteiger partial charge on any atom is 0.226 e. The maximum absolute atomic E-state index is 13.3. The van der Waals surface area contributed by atoms with Gasteiger partial charge in [-0.05, 0) is 58.5 Å². The number of nitrogens with one attached hydrogen (secondary N) is 1. The summed E-state index contributed by atoms with van der Waals surface area (Å²) >= 11 is 0. The van der Waals surface area contributed by atoms with Crippen molar-refractivity contribution in [2.24, 2.45) is 11.3 Å². The van der Waals surface area contributed by atoms with Crippen molar-refractivity contribution in [1.82, 2.24) is 24.9 Å². The van der Waals surface area contributed by atoms with Crippen molar-refractivity contribution in [2.45, 2.75) is 70.2 Å². The van der Waals surface area contributed by atoms with Crippen LogP contribution < -0.4 is 5.32 Å². The number of hydrogen-bond acceptors (Lipinski definition) is 7. The van der Waals surface area contributed by atoms with E-state index in [2.05, 4.69) is 26.8 Å². The summed E-state index contributed by atoms with van der Waals surface area (Å²) in [6.07, 6.45) is 6.32. The van der Waals surface area contributed by atoms with E-state index in [1.54, 1.807) is 21.3 Å². The fourth-order valence-corrected chi connectivity index (χ4v) is 6.49. The molecule has 3 aliphatic rings. The minimum Gasteiger partial charge on any atom is -0.384 e. The molecule has 0 radical (unpaired) electrons. The number of rotatable bonds is 12. The topological polar surface area (TPSA) is 81.1 Å². The molecule has 0 saturated heterocycles. The molecule has 0 atom stereocenters. The van der Waals surface area contributed by atoms with Gasteiger partial charge in [-0.2, -0.15) is 5.10 Å². The number of methoxy groups -OCH3 is 3. The van der Waals surface area contributed by atoms with Crippen molar-refractivity contribution in [3.05, 3.63) is 17.0 Å². The first kappa shape index (κ1) is 27.5. The van der Waals surface area contributed by atoms with Crippen LogP contribution in [0, 0.1) is 11.3 Å². The third-order valence-corrected chi connectivity index (χ3v) is 8.70. The van der Waals surface area contributed by atoms with Crippen LogP contribution in [0.2, 0.25) is 0 Å². The van der Waals surface area contributed by atoms with Gasteiger partial charge in [0.15, 0.2) is 0 Å². The number of nitrogens with zero attached hydrogens (tertiary/aromatic N) is 4. The molecule has 2 aliphatic carbocycles. The zero-order valence-corrected chi connectivity index (χ0v) is 23.1. The van der Waals surface area contributed by atoms with Crippen LogP contribution in [0.3, 0.4) is 0 Å². The van der Waals surface area contributed by atoms with Gasteiger partial charge < -0.3 is 24.4 Å². The summed E-state index contributed by atoms with van der Waals surface area (Å²) < 4.78 is 18.8. The lowest BCUT2D eigenvalue weighted by Gasteiger charge is -2.40. The van der Waals surface area contributed by atoms with Crippen molar-refractivity contribution in [2.75, 3.05) is 68.3 Å². The summed E-state index contributed by atoms with van der Waals surface area (Å²) in [5, 5.41) is 8.38. The number of fused-ring (bicyclic) bond motifs is 1. The number of hydrogen-bond donors (Lipinski definition) is 1. The highest BCUT2D eigenvalue weighted by molar-refractivity contribution is 5.80. The highest BCUT2D eigenvalue weighted by Gasteiger charge is 2.41. The molecule has 1 aromatic heterocycles. The smallest absolute Gasteiger partial charge is 0.226 e. The predicted molar refractivity (Wildman–Crippen MR) is 139 cm³/mol. The quantitative estimate of drug-likeness (QED) is 0.467. The third kappa shape index (κ3) is 5.96. The summed E-state index contributed by atoms with van der Waals surface area (Å²) in [4.78, 5) is 17.7. The van der Waals surface area contributed by atoms with Gasteiger partial charge in [0.05, 0.1) is 43.8 Å². The first-order valence-corrected chi connectivity index (χ1v) is 13.6. The minimum atomic E-state index is 0.0983. The Morgan fingerprint density at radius 1 is 1.14 bits per heavy atom. The zero-order valence-electron chi connectivity index (χ0n) is 23.1. The average Bonchev–Trinajstić information content (AvgIpc) is 3.19. The highest BCUT2D eigenvalue weighted by atomic mass is 16.5. The SMILES string of the molecule is CNCCN(C)Cc1nn2c(c1C1CCC(COC)(COC)CC1)CN(C(=O)C1CC(OC)C1)CC2. The second-order valence-electron chi connectivity index (χ2n) is 11.3. The summed E-state index contributed by atoms with van der Waals surface area (Å²) in [5.74, 6) is 0.857. The molecule has 2 fully saturated rings. The van der Waals surface area contributed by atoms with Crippen LogP contribution in [0.15, 0.2) is 0 Å². The number of likely N-dealkylation sites (N-methyl/N-ethyl adjacent to an activating group) is 2. The Bertz CT molecular complexity index is 853. The van der Waals surface area contributed by atoms with E-state index in [4.69, 9.17) is 19.3 Å². The summed E-state index contributed by atoms with van der Waals surface area (Å²) in [7, 11) is 9.48. The molecule has 0 spiro atoms. The van der Waals surface area contributed by atoms with Gasteiger partial charge in [-0.1, -0.05) is 0 Å². The number of carbonyl (C=O) groups excluding carboxylic acids is 1. The van der Waals surface area contributed by atoms with Crippen molar-refractivity contribution in [3.8, 4) is 0 Å². The van der Waals surface area contributed by atoms with E-state index in [-0.39, 0.29) is 23.3 Å². The number of ether oxygens (including phenoxy) is 3. The van der Waals surface area contributed by atoms with Crippen LogP contribution in [0.5, 0.6) is 0 Å². The van der Waals surface area contributed by atoms with E-state index in [9.17, 15) is 4.79 Å². The Morgan fingerprint density at radius 2 is 1.83 bits per heavy atom. The molecule has 0 bridgehead atoms. The van der Waals surface area contributed by atoms with E-state index in [1.165, 1.54) is 17.0 Å². The summed E-state index contributed by atoms with van der Waals surface area (Å²) in [6, 6.07) is 0. The fraction of sp³-hybridized carbons (Fsp3) is 0.852. The molecule has 1 aliphatic heterocycles. The Morgan fingerprint density at radius 3 is 2.44 bits per heavy atom. The molecule has 2 saturated carbocycles. The average molecular weight is 506 g/mol. The molecule has 2 heterocycles. The summed E-state index contributed by atoms with van der Waals surface area (Å²) in [6.45, 7) is 6.43. The van der Waals surface area contributed by atoms with Crippen molar-refractivity contribution >= 4 is 5.91 Å². The van der Waals surface area contributed by atoms with Gasteiger partial charge in [-0.15, -0.1) is 0 Å². The van der Waals surface area contributed by atoms with Crippen molar-refractivity contribution in [1.29, 1.82) is 0 Å². The first-order valence-electron chi connectivity index (χ1n) is 13.6. The Hall–Kier alpha value is -1.52. The molecular formula is C27H47N5O4. The van der Waals surface area contributed by atoms with Gasteiger partial charge in [-0.25, -0.2) is 0 Å². The van der Waals surface area contributed by atoms with Gasteiger partial charge in [0.2, 0.25) is 5.91 Å². The fourth-order valence-electron chi connectivity index (χ4n) is 6.49. The van der Waals surface area contributed by atoms with Gasteiger partial charge in [-0.3, -0.25) is 14.4 Å². The molecule has 1 amide bonds. The Balaban J connectivity index is 1.54. The minimum absolute atomic E-state index is 0.0983. The van der Waals surface area contributed by atoms with Crippen LogP contribution in [0.1, 0.15) is 61.4 Å². The van der Waals surface area contributed by atoms with Crippen molar-refractivity contribution in [3.63, 3.8) is 0 Å². The highest BCUT2D eigenvalue weighted by Crippen LogP contribution is 2.46. The predicted octanol–water partition coefficient (Wildman–Crippen LogP) is 2.24. The molecule has 1 N–H and O–H groups in total. The molecule has 0 aromatic carbocycles. The van der Waals surface area contributed by atoms with E-state index in [0.29, 0.717) is 12.5 Å². The van der Waals surface area contributed by atoms with Crippen LogP contribution in [0.25, 0.3) is 0 Å². The van der Waals surface area contributed by atoms with E-state index >= 15 is 0 Å². The standard InChI is InChI=1S/C27H47N5O4/c1-28-10-11-30(2)16-23-25(20-6-8-27(9-7-20,18-34-3)19-35-4)24-17-31(12-13-32(24)29-23)26(33)21-14-22(15-21)36-5/h20-22,28H,6-19H2,1-5H3. The van der Waals surface area contributed by atoms with Gasteiger partial charge in [0, 0.05) is 64.4 Å². The van der Waals surface area contributed by atoms with E-state index < -0.39 is 0 Å². The van der Waals surface area contributed by atoms with E-state index in [1.807, 2.05) is 7.05 Å². The Kier molecular flexibility index (Phi) is 9.44. The molecule has 204 valence electrons. The second-order valence-corrected chi connectivity index (χ2v) is 11.3. The molecule has 9 nitrogen and oxygen atoms in total. The van der Waals surface area contributed by atoms with Crippen LogP contribution in [-0.4, -0.2) is 99.9 Å². The second kappa shape index (κ2) is 12.3. The van der Waals surface area contributed by atoms with Crippen LogP contribution >= 0.6 is 0 Å². The molecule has 9 heteroatoms. The summed E-state index contributed by atoms with van der Waals surface area (Å²) in [5.41, 5.74) is 3.94. The van der Waals surface area contributed by atoms with E-state index in [0.717, 1.165) is 84.5 Å². The molecular weight excluding hydrogens is 458 g/mol. The lowest BCUT2D eigenvalue weighted by atomic mass is 9.69. The monoisotopic (exact) mass is 505 g/mol. The zero-order chi connectivity index (χ0) is 25.7. The van der Waals surface area contributed by atoms with Gasteiger partial charge in [0.1, 0.15) is 0 Å². The lowest BCUT2D eigenvalue weighted by Crippen LogP contribution is -2.47. The maximum atomic E-state index is 13.3. The van der Waals surface area contributed by atoms with Crippen molar-refractivity contribution < 1.29 is 19.0 Å².